The fraction of sp³-hybridized carbons (Fsp3) is 0.364. The van der Waals surface area contributed by atoms with E-state index in [0.29, 0.717) is 18.9 Å². The molecule has 0 spiro atoms. The summed E-state index contributed by atoms with van der Waals surface area (Å²) in [5, 5.41) is 8.85. The van der Waals surface area contributed by atoms with E-state index in [9.17, 15) is 17.2 Å². The van der Waals surface area contributed by atoms with E-state index >= 15 is 0 Å². The molecular formula is C11H10F2N2O2S. The topological polar surface area (TPSA) is 61.2 Å². The first kappa shape index (κ1) is 12.9. The zero-order valence-electron chi connectivity index (χ0n) is 9.31. The molecule has 1 atom stereocenters. The zero-order chi connectivity index (χ0) is 13.3. The van der Waals surface area contributed by atoms with Crippen LogP contribution in [0.25, 0.3) is 0 Å². The average Bonchev–Trinajstić information content (AvgIpc) is 2.76. The Labute approximate surface area is 103 Å². The van der Waals surface area contributed by atoms with Crippen LogP contribution >= 0.6 is 0 Å². The van der Waals surface area contributed by atoms with Crippen molar-refractivity contribution in [3.8, 4) is 6.07 Å². The molecule has 1 saturated heterocycles. The second-order valence-corrected chi connectivity index (χ2v) is 5.84. The van der Waals surface area contributed by atoms with Gasteiger partial charge in [0.2, 0.25) is 10.0 Å². The van der Waals surface area contributed by atoms with Gasteiger partial charge in [-0.15, -0.1) is 0 Å². The van der Waals surface area contributed by atoms with Crippen LogP contribution in [0.2, 0.25) is 0 Å². The van der Waals surface area contributed by atoms with Gasteiger partial charge in [-0.3, -0.25) is 0 Å². The van der Waals surface area contributed by atoms with Crippen LogP contribution in [-0.4, -0.2) is 25.3 Å². The second kappa shape index (κ2) is 4.63. The van der Waals surface area contributed by atoms with Crippen molar-refractivity contribution in [1.82, 2.24) is 4.31 Å². The van der Waals surface area contributed by atoms with Gasteiger partial charge in [-0.2, -0.15) is 9.57 Å². The Bertz CT molecular complexity index is 610. The van der Waals surface area contributed by atoms with Gasteiger partial charge in [0.25, 0.3) is 0 Å². The van der Waals surface area contributed by atoms with Crippen molar-refractivity contribution >= 4 is 10.0 Å². The van der Waals surface area contributed by atoms with E-state index in [4.69, 9.17) is 5.26 Å². The van der Waals surface area contributed by atoms with E-state index in [1.165, 1.54) is 0 Å². The number of nitrogens with zero attached hydrogens (tertiary/aromatic N) is 2. The summed E-state index contributed by atoms with van der Waals surface area (Å²) in [6, 6.07) is 3.37. The van der Waals surface area contributed by atoms with Crippen LogP contribution in [-0.2, 0) is 10.0 Å². The lowest BCUT2D eigenvalue weighted by Crippen LogP contribution is -2.35. The number of hydrogen-bond acceptors (Lipinski definition) is 3. The minimum Gasteiger partial charge on any atom is -0.207 e. The van der Waals surface area contributed by atoms with Gasteiger partial charge in [0, 0.05) is 12.6 Å². The highest BCUT2D eigenvalue weighted by Crippen LogP contribution is 2.27. The molecule has 18 heavy (non-hydrogen) atoms. The summed E-state index contributed by atoms with van der Waals surface area (Å²) in [5.41, 5.74) is 0. The Kier molecular flexibility index (Phi) is 3.32. The molecule has 1 aliphatic rings. The summed E-state index contributed by atoms with van der Waals surface area (Å²) in [4.78, 5) is -0.592. The third kappa shape index (κ3) is 2.09. The molecule has 96 valence electrons. The smallest absolute Gasteiger partial charge is 0.207 e. The van der Waals surface area contributed by atoms with Gasteiger partial charge in [0.05, 0.1) is 6.07 Å². The molecule has 4 nitrogen and oxygen atoms in total. The normalized spacial score (nSPS) is 20.8. The van der Waals surface area contributed by atoms with E-state index in [0.717, 1.165) is 16.4 Å². The van der Waals surface area contributed by atoms with Gasteiger partial charge in [0.15, 0.2) is 0 Å². The van der Waals surface area contributed by atoms with Gasteiger partial charge in [-0.1, -0.05) is 0 Å². The molecule has 0 aromatic heterocycles. The van der Waals surface area contributed by atoms with Crippen molar-refractivity contribution < 1.29 is 17.2 Å². The number of halogens is 2. The van der Waals surface area contributed by atoms with Crippen LogP contribution in [0.5, 0.6) is 0 Å². The molecule has 7 heteroatoms. The molecule has 2 rings (SSSR count). The SMILES string of the molecule is N#CC1CCCN1S(=O)(=O)c1ccc(F)cc1F. The molecule has 1 aliphatic heterocycles. The van der Waals surface area contributed by atoms with E-state index in [-0.39, 0.29) is 6.54 Å². The van der Waals surface area contributed by atoms with Crippen molar-refractivity contribution in [2.75, 3.05) is 6.54 Å². The second-order valence-electron chi connectivity index (χ2n) is 3.98. The first-order valence-electron chi connectivity index (χ1n) is 5.33. The average molecular weight is 272 g/mol. The predicted molar refractivity (Wildman–Crippen MR) is 58.9 cm³/mol. The lowest BCUT2D eigenvalue weighted by atomic mass is 10.2. The number of benzene rings is 1. The molecular weight excluding hydrogens is 262 g/mol. The summed E-state index contributed by atoms with van der Waals surface area (Å²) < 4.78 is 51.5. The maximum absolute atomic E-state index is 13.5. The first-order chi connectivity index (χ1) is 8.46. The molecule has 0 bridgehead atoms. The third-order valence-corrected chi connectivity index (χ3v) is 4.77. The van der Waals surface area contributed by atoms with Crippen molar-refractivity contribution in [3.05, 3.63) is 29.8 Å². The van der Waals surface area contributed by atoms with Crippen LogP contribution in [0.3, 0.4) is 0 Å². The van der Waals surface area contributed by atoms with E-state index in [1.807, 2.05) is 6.07 Å². The number of rotatable bonds is 2. The molecule has 1 aromatic carbocycles. The predicted octanol–water partition coefficient (Wildman–Crippen LogP) is 1.64. The molecule has 0 N–H and O–H groups in total. The monoisotopic (exact) mass is 272 g/mol. The van der Waals surface area contributed by atoms with Crippen LogP contribution in [0.4, 0.5) is 8.78 Å². The van der Waals surface area contributed by atoms with E-state index < -0.39 is 32.6 Å². The molecule has 1 heterocycles. The lowest BCUT2D eigenvalue weighted by Gasteiger charge is -2.19. The van der Waals surface area contributed by atoms with Gasteiger partial charge < -0.3 is 0 Å². The highest BCUT2D eigenvalue weighted by Gasteiger charge is 2.36. The molecule has 0 aliphatic carbocycles. The third-order valence-electron chi connectivity index (χ3n) is 2.83. The molecule has 0 radical (unpaired) electrons. The van der Waals surface area contributed by atoms with Crippen LogP contribution in [0.1, 0.15) is 12.8 Å². The molecule has 0 saturated carbocycles. The molecule has 0 amide bonds. The Morgan fingerprint density at radius 3 is 2.72 bits per heavy atom. The summed E-state index contributed by atoms with van der Waals surface area (Å²) in [7, 11) is -4.08. The quantitative estimate of drug-likeness (QED) is 0.822. The van der Waals surface area contributed by atoms with E-state index in [2.05, 4.69) is 0 Å². The summed E-state index contributed by atoms with van der Waals surface area (Å²) in [6.07, 6.45) is 0.985. The highest BCUT2D eigenvalue weighted by atomic mass is 32.2. The van der Waals surface area contributed by atoms with E-state index in [1.54, 1.807) is 0 Å². The maximum atomic E-state index is 13.5. The summed E-state index contributed by atoms with van der Waals surface area (Å²) >= 11 is 0. The maximum Gasteiger partial charge on any atom is 0.247 e. The van der Waals surface area contributed by atoms with Crippen molar-refractivity contribution in [2.24, 2.45) is 0 Å². The number of sulfonamides is 1. The van der Waals surface area contributed by atoms with Crippen molar-refractivity contribution in [3.63, 3.8) is 0 Å². The molecule has 1 aromatic rings. The lowest BCUT2D eigenvalue weighted by molar-refractivity contribution is 0.432. The van der Waals surface area contributed by atoms with Gasteiger partial charge >= 0.3 is 0 Å². The Hall–Kier alpha value is -1.52. The Morgan fingerprint density at radius 2 is 2.11 bits per heavy atom. The fourth-order valence-electron chi connectivity index (χ4n) is 1.97. The largest absolute Gasteiger partial charge is 0.247 e. The Balaban J connectivity index is 2.46. The van der Waals surface area contributed by atoms with Gasteiger partial charge in [-0.25, -0.2) is 17.2 Å². The van der Waals surface area contributed by atoms with Gasteiger partial charge in [-0.05, 0) is 25.0 Å². The first-order valence-corrected chi connectivity index (χ1v) is 6.77. The van der Waals surface area contributed by atoms with Crippen LogP contribution < -0.4 is 0 Å². The minimum atomic E-state index is -4.08. The number of hydrogen-bond donors (Lipinski definition) is 0. The number of nitriles is 1. The minimum absolute atomic E-state index is 0.178. The molecule has 1 unspecified atom stereocenters. The Morgan fingerprint density at radius 1 is 1.39 bits per heavy atom. The zero-order valence-corrected chi connectivity index (χ0v) is 10.1. The summed E-state index contributed by atoms with van der Waals surface area (Å²) in [5.74, 6) is -1.98. The van der Waals surface area contributed by atoms with Crippen molar-refractivity contribution in [2.45, 2.75) is 23.8 Å². The molecule has 1 fully saturated rings. The highest BCUT2D eigenvalue weighted by molar-refractivity contribution is 7.89. The standard InChI is InChI=1S/C11H10F2N2O2S/c12-8-3-4-11(10(13)6-8)18(16,17)15-5-1-2-9(15)7-14/h3-4,6,9H,1-2,5H2. The van der Waals surface area contributed by atoms with Crippen LogP contribution in [0.15, 0.2) is 23.1 Å². The fourth-order valence-corrected chi connectivity index (χ4v) is 3.62. The van der Waals surface area contributed by atoms with Crippen LogP contribution in [0, 0.1) is 23.0 Å². The van der Waals surface area contributed by atoms with Crippen molar-refractivity contribution in [1.29, 1.82) is 5.26 Å². The summed E-state index contributed by atoms with van der Waals surface area (Å²) in [6.45, 7) is 0.178. The van der Waals surface area contributed by atoms with Gasteiger partial charge in [0.1, 0.15) is 22.6 Å².